The molecule has 2 heterocycles. The van der Waals surface area contributed by atoms with Gasteiger partial charge in [-0.2, -0.15) is 5.10 Å². The van der Waals surface area contributed by atoms with Gasteiger partial charge in [0.2, 0.25) is 0 Å². The number of rotatable bonds is 7. The number of nitrogens with one attached hydrogen (secondary N) is 3. The molecule has 0 bridgehead atoms. The Labute approximate surface area is 198 Å². The zero-order chi connectivity index (χ0) is 23.2. The molecule has 2 aromatic heterocycles. The Morgan fingerprint density at radius 1 is 1.12 bits per heavy atom. The van der Waals surface area contributed by atoms with Crippen LogP contribution in [-0.2, 0) is 0 Å². The van der Waals surface area contributed by atoms with Crippen molar-refractivity contribution in [1.82, 2.24) is 20.1 Å². The molecule has 2 amide bonds. The number of anilines is 3. The van der Waals surface area contributed by atoms with Crippen LogP contribution in [0.4, 0.5) is 22.0 Å². The minimum absolute atomic E-state index is 0.237. The lowest BCUT2D eigenvalue weighted by Gasteiger charge is -2.18. The molecule has 2 aromatic carbocycles. The summed E-state index contributed by atoms with van der Waals surface area (Å²) in [6, 6.07) is 18.2. The molecule has 0 aliphatic carbocycles. The van der Waals surface area contributed by atoms with Crippen molar-refractivity contribution in [2.75, 3.05) is 10.6 Å². The van der Waals surface area contributed by atoms with Gasteiger partial charge in [-0.15, -0.1) is 0 Å². The predicted molar refractivity (Wildman–Crippen MR) is 133 cm³/mol. The molecule has 0 saturated heterocycles. The third-order valence-corrected chi connectivity index (χ3v) is 5.33. The van der Waals surface area contributed by atoms with Crippen molar-refractivity contribution in [3.8, 4) is 5.69 Å². The van der Waals surface area contributed by atoms with Crippen molar-refractivity contribution in [1.29, 1.82) is 0 Å². The van der Waals surface area contributed by atoms with Gasteiger partial charge in [-0.25, -0.2) is 14.5 Å². The Bertz CT molecular complexity index is 1250. The van der Waals surface area contributed by atoms with E-state index in [0.717, 1.165) is 28.3 Å². The van der Waals surface area contributed by atoms with Crippen molar-refractivity contribution in [2.45, 2.75) is 19.3 Å². The number of pyridine rings is 1. The minimum Gasteiger partial charge on any atom is -0.340 e. The molecule has 0 spiro atoms. The van der Waals surface area contributed by atoms with Gasteiger partial charge in [0.25, 0.3) is 0 Å². The van der Waals surface area contributed by atoms with E-state index < -0.39 is 0 Å². The van der Waals surface area contributed by atoms with E-state index >= 15 is 0 Å². The maximum absolute atomic E-state index is 12.5. The third-order valence-electron chi connectivity index (χ3n) is 5.09. The topological polar surface area (TPSA) is 83.9 Å². The van der Waals surface area contributed by atoms with E-state index in [1.54, 1.807) is 35.4 Å². The highest BCUT2D eigenvalue weighted by molar-refractivity contribution is 6.30. The van der Waals surface area contributed by atoms with Crippen LogP contribution in [0.15, 0.2) is 79.3 Å². The number of aromatic nitrogens is 3. The van der Waals surface area contributed by atoms with Gasteiger partial charge in [0.05, 0.1) is 31.6 Å². The van der Waals surface area contributed by atoms with Gasteiger partial charge in [-0.3, -0.25) is 0 Å². The zero-order valence-electron chi connectivity index (χ0n) is 18.0. The van der Waals surface area contributed by atoms with E-state index in [0.29, 0.717) is 10.7 Å². The lowest BCUT2D eigenvalue weighted by Crippen LogP contribution is -2.32. The maximum atomic E-state index is 12.5. The van der Waals surface area contributed by atoms with Gasteiger partial charge in [0.15, 0.2) is 0 Å². The van der Waals surface area contributed by atoms with Crippen LogP contribution in [0.3, 0.4) is 0 Å². The van der Waals surface area contributed by atoms with Crippen LogP contribution in [0, 0.1) is 6.92 Å². The molecule has 33 heavy (non-hydrogen) atoms. The molecular weight excluding hydrogens is 435 g/mol. The molecule has 4 aromatic rings. The maximum Gasteiger partial charge on any atom is 0.319 e. The predicted octanol–water partition coefficient (Wildman–Crippen LogP) is 5.42. The molecule has 0 saturated carbocycles. The summed E-state index contributed by atoms with van der Waals surface area (Å²) < 4.78 is 1.69. The average Bonchev–Trinajstić information content (AvgIpc) is 3.27. The summed E-state index contributed by atoms with van der Waals surface area (Å²) >= 11 is 6.05. The van der Waals surface area contributed by atoms with Crippen molar-refractivity contribution >= 4 is 42.7 Å². The molecule has 164 valence electrons. The van der Waals surface area contributed by atoms with Crippen LogP contribution in [0.2, 0.25) is 11.3 Å². The Kier molecular flexibility index (Phi) is 6.95. The largest absolute Gasteiger partial charge is 0.340 e. The Morgan fingerprint density at radius 3 is 2.70 bits per heavy atom. The van der Waals surface area contributed by atoms with E-state index in [-0.39, 0.29) is 18.4 Å². The lowest BCUT2D eigenvalue weighted by atomic mass is 9.92. The van der Waals surface area contributed by atoms with Gasteiger partial charge in [0.1, 0.15) is 5.82 Å². The number of para-hydroxylation sites is 1. The SMILES string of the molecule is [B]C[C@@H](NC(=O)Nc1cnn(-c2ccnc(Nc3ccccc3)c2C)c1)c1cccc(Cl)c1. The van der Waals surface area contributed by atoms with Gasteiger partial charge < -0.3 is 16.0 Å². The summed E-state index contributed by atoms with van der Waals surface area (Å²) in [6.07, 6.45) is 5.28. The Balaban J connectivity index is 1.46. The fourth-order valence-corrected chi connectivity index (χ4v) is 3.60. The van der Waals surface area contributed by atoms with Crippen LogP contribution in [0.25, 0.3) is 5.69 Å². The normalized spacial score (nSPS) is 11.6. The number of hydrogen-bond donors (Lipinski definition) is 3. The molecule has 0 fully saturated rings. The smallest absolute Gasteiger partial charge is 0.319 e. The fraction of sp³-hybridized carbons (Fsp3) is 0.125. The van der Waals surface area contributed by atoms with E-state index in [1.165, 1.54) is 0 Å². The van der Waals surface area contributed by atoms with Crippen LogP contribution in [-0.4, -0.2) is 28.6 Å². The molecule has 0 aliphatic rings. The summed E-state index contributed by atoms with van der Waals surface area (Å²) in [6.45, 7) is 1.96. The van der Waals surface area contributed by atoms with Crippen molar-refractivity contribution in [3.05, 3.63) is 95.4 Å². The van der Waals surface area contributed by atoms with Crippen molar-refractivity contribution in [2.24, 2.45) is 0 Å². The second-order valence-electron chi connectivity index (χ2n) is 7.41. The van der Waals surface area contributed by atoms with Crippen molar-refractivity contribution < 1.29 is 4.79 Å². The Morgan fingerprint density at radius 2 is 1.94 bits per heavy atom. The summed E-state index contributed by atoms with van der Waals surface area (Å²) in [4.78, 5) is 17.0. The van der Waals surface area contributed by atoms with E-state index in [2.05, 4.69) is 26.0 Å². The van der Waals surface area contributed by atoms with Crippen LogP contribution < -0.4 is 16.0 Å². The van der Waals surface area contributed by atoms with Crippen LogP contribution in [0.1, 0.15) is 17.2 Å². The van der Waals surface area contributed by atoms with Gasteiger partial charge in [-0.1, -0.05) is 48.3 Å². The van der Waals surface area contributed by atoms with Crippen molar-refractivity contribution in [3.63, 3.8) is 0 Å². The summed E-state index contributed by atoms with van der Waals surface area (Å²) in [5.74, 6) is 0.730. The van der Waals surface area contributed by atoms with Crippen LogP contribution in [0.5, 0.6) is 0 Å². The third kappa shape index (κ3) is 5.53. The highest BCUT2D eigenvalue weighted by Gasteiger charge is 2.14. The number of nitrogens with zero attached hydrogens (tertiary/aromatic N) is 3. The standard InChI is InChI=1S/C24H22BClN6O/c1-16-22(10-11-27-23(16)29-19-8-3-2-4-9-19)32-15-20(14-28-32)30-24(33)31-21(13-25)17-6-5-7-18(26)12-17/h2-12,14-15,21H,13H2,1H3,(H,27,29)(H2,30,31,33)/t21-/m1/s1. The molecule has 7 nitrogen and oxygen atoms in total. The van der Waals surface area contributed by atoms with E-state index in [1.807, 2.05) is 55.5 Å². The number of halogens is 1. The van der Waals surface area contributed by atoms with Gasteiger partial charge in [0, 0.05) is 28.5 Å². The highest BCUT2D eigenvalue weighted by Crippen LogP contribution is 2.24. The number of carbonyl (C=O) groups is 1. The molecular formula is C24H22BClN6O. The van der Waals surface area contributed by atoms with E-state index in [4.69, 9.17) is 19.4 Å². The first-order chi connectivity index (χ1) is 16.0. The summed E-state index contributed by atoms with van der Waals surface area (Å²) in [5, 5.41) is 14.0. The van der Waals surface area contributed by atoms with Gasteiger partial charge >= 0.3 is 6.03 Å². The van der Waals surface area contributed by atoms with Gasteiger partial charge in [-0.05, 0) is 42.8 Å². The second-order valence-corrected chi connectivity index (χ2v) is 7.85. The highest BCUT2D eigenvalue weighted by atomic mass is 35.5. The fourth-order valence-electron chi connectivity index (χ4n) is 3.40. The first-order valence-electron chi connectivity index (χ1n) is 10.4. The summed E-state index contributed by atoms with van der Waals surface area (Å²) in [7, 11) is 5.85. The number of hydrogen-bond acceptors (Lipinski definition) is 4. The first-order valence-corrected chi connectivity index (χ1v) is 10.8. The zero-order valence-corrected chi connectivity index (χ0v) is 18.8. The number of carbonyl (C=O) groups excluding carboxylic acids is 1. The average molecular weight is 457 g/mol. The molecule has 0 aliphatic heterocycles. The summed E-state index contributed by atoms with van der Waals surface area (Å²) in [5.41, 5.74) is 4.09. The molecule has 4 rings (SSSR count). The van der Waals surface area contributed by atoms with E-state index in [9.17, 15) is 4.79 Å². The number of urea groups is 1. The van der Waals surface area contributed by atoms with Crippen LogP contribution >= 0.6 is 11.6 Å². The molecule has 0 unspecified atom stereocenters. The Hall–Kier alpha value is -3.78. The quantitative estimate of drug-likeness (QED) is 0.324. The number of benzene rings is 2. The minimum atomic E-state index is -0.386. The molecule has 2 radical (unpaired) electrons. The monoisotopic (exact) mass is 456 g/mol. The number of amides is 2. The lowest BCUT2D eigenvalue weighted by molar-refractivity contribution is 0.249. The molecule has 1 atom stereocenters. The molecule has 3 N–H and O–H groups in total. The first kappa shape index (κ1) is 22.4. The second kappa shape index (κ2) is 10.2. The molecule has 9 heteroatoms.